The maximum Gasteiger partial charge on any atom is 0.119 e. The molecule has 0 fully saturated rings. The number of hydrogen-bond acceptors (Lipinski definition) is 4. The zero-order chi connectivity index (χ0) is 17.2. The van der Waals surface area contributed by atoms with Gasteiger partial charge in [-0.3, -0.25) is 4.90 Å². The summed E-state index contributed by atoms with van der Waals surface area (Å²) in [5.74, 6) is 0.777. The fraction of sp³-hybridized carbons (Fsp3) is 0.400. The molecule has 4 nitrogen and oxygen atoms in total. The van der Waals surface area contributed by atoms with E-state index in [1.807, 2.05) is 30.3 Å². The van der Waals surface area contributed by atoms with Crippen LogP contribution in [0.2, 0.25) is 0 Å². The van der Waals surface area contributed by atoms with E-state index < -0.39 is 6.10 Å². The summed E-state index contributed by atoms with van der Waals surface area (Å²) in [6.45, 7) is 5.11. The van der Waals surface area contributed by atoms with Crippen molar-refractivity contribution in [3.63, 3.8) is 0 Å². The molecule has 0 radical (unpaired) electrons. The molecule has 130 valence electrons. The molecular weight excluding hydrogens is 302 g/mol. The Labute approximate surface area is 144 Å². The van der Waals surface area contributed by atoms with Crippen molar-refractivity contribution in [2.45, 2.75) is 19.6 Å². The third-order valence-corrected chi connectivity index (χ3v) is 3.75. The third-order valence-electron chi connectivity index (χ3n) is 3.75. The van der Waals surface area contributed by atoms with Crippen LogP contribution in [0, 0.1) is 6.92 Å². The van der Waals surface area contributed by atoms with Gasteiger partial charge in [0.1, 0.15) is 18.5 Å². The molecule has 0 saturated heterocycles. The van der Waals surface area contributed by atoms with Gasteiger partial charge in [-0.25, -0.2) is 0 Å². The molecule has 1 N–H and O–H groups in total. The van der Waals surface area contributed by atoms with Gasteiger partial charge in [0.15, 0.2) is 0 Å². The molecule has 24 heavy (non-hydrogen) atoms. The van der Waals surface area contributed by atoms with Crippen LogP contribution < -0.4 is 4.74 Å². The Morgan fingerprint density at radius 2 is 1.88 bits per heavy atom. The smallest absolute Gasteiger partial charge is 0.119 e. The van der Waals surface area contributed by atoms with Gasteiger partial charge in [-0.2, -0.15) is 0 Å². The zero-order valence-electron chi connectivity index (χ0n) is 14.5. The lowest BCUT2D eigenvalue weighted by Crippen LogP contribution is -2.37. The highest BCUT2D eigenvalue weighted by Gasteiger charge is 2.13. The normalized spacial score (nSPS) is 12.3. The number of rotatable bonds is 10. The Kier molecular flexibility index (Phi) is 7.75. The first-order valence-corrected chi connectivity index (χ1v) is 8.30. The molecule has 0 aliphatic heterocycles. The first kappa shape index (κ1) is 18.5. The van der Waals surface area contributed by atoms with Crippen LogP contribution in [0.4, 0.5) is 0 Å². The SMILES string of the molecule is COCCN(Cc1cccc(C)c1)C[C@H](O)COc1ccccc1. The quantitative estimate of drug-likeness (QED) is 0.728. The lowest BCUT2D eigenvalue weighted by molar-refractivity contribution is 0.0542. The Balaban J connectivity index is 1.87. The number of hydrogen-bond donors (Lipinski definition) is 1. The van der Waals surface area contributed by atoms with Crippen LogP contribution >= 0.6 is 0 Å². The van der Waals surface area contributed by atoms with Crippen LogP contribution in [0.5, 0.6) is 5.75 Å². The fourth-order valence-electron chi connectivity index (χ4n) is 2.58. The van der Waals surface area contributed by atoms with Crippen molar-refractivity contribution in [1.82, 2.24) is 4.90 Å². The topological polar surface area (TPSA) is 41.9 Å². The van der Waals surface area contributed by atoms with E-state index in [-0.39, 0.29) is 6.61 Å². The molecule has 2 aromatic rings. The molecule has 0 amide bonds. The van der Waals surface area contributed by atoms with Crippen molar-refractivity contribution in [2.75, 3.05) is 33.4 Å². The summed E-state index contributed by atoms with van der Waals surface area (Å²) in [7, 11) is 1.69. The summed E-state index contributed by atoms with van der Waals surface area (Å²) in [6, 6.07) is 18.0. The van der Waals surface area contributed by atoms with E-state index in [0.717, 1.165) is 18.8 Å². The number of aliphatic hydroxyl groups excluding tert-OH is 1. The van der Waals surface area contributed by atoms with Crippen molar-refractivity contribution in [3.05, 3.63) is 65.7 Å². The second-order valence-corrected chi connectivity index (χ2v) is 5.99. The molecule has 0 aliphatic carbocycles. The zero-order valence-corrected chi connectivity index (χ0v) is 14.5. The molecule has 0 spiro atoms. The molecule has 2 aromatic carbocycles. The summed E-state index contributed by atoms with van der Waals surface area (Å²) in [5, 5.41) is 10.3. The van der Waals surface area contributed by atoms with Crippen LogP contribution in [-0.2, 0) is 11.3 Å². The largest absolute Gasteiger partial charge is 0.491 e. The summed E-state index contributed by atoms with van der Waals surface area (Å²) >= 11 is 0. The molecule has 0 aromatic heterocycles. The highest BCUT2D eigenvalue weighted by molar-refractivity contribution is 5.22. The summed E-state index contributed by atoms with van der Waals surface area (Å²) < 4.78 is 10.8. The molecule has 4 heteroatoms. The average molecular weight is 329 g/mol. The third kappa shape index (κ3) is 6.71. The number of methoxy groups -OCH3 is 1. The van der Waals surface area contributed by atoms with Crippen molar-refractivity contribution in [2.24, 2.45) is 0 Å². The number of benzene rings is 2. The van der Waals surface area contributed by atoms with E-state index in [1.54, 1.807) is 7.11 Å². The monoisotopic (exact) mass is 329 g/mol. The summed E-state index contributed by atoms with van der Waals surface area (Å²) in [6.07, 6.45) is -0.549. The maximum absolute atomic E-state index is 10.3. The van der Waals surface area contributed by atoms with Crippen LogP contribution in [-0.4, -0.2) is 49.5 Å². The van der Waals surface area contributed by atoms with E-state index in [2.05, 4.69) is 36.1 Å². The van der Waals surface area contributed by atoms with Crippen molar-refractivity contribution in [3.8, 4) is 5.75 Å². The molecule has 0 heterocycles. The van der Waals surface area contributed by atoms with Crippen LogP contribution in [0.15, 0.2) is 54.6 Å². The predicted molar refractivity (Wildman–Crippen MR) is 96.3 cm³/mol. The van der Waals surface area contributed by atoms with E-state index in [1.165, 1.54) is 11.1 Å². The predicted octanol–water partition coefficient (Wildman–Crippen LogP) is 2.88. The van der Waals surface area contributed by atoms with Gasteiger partial charge in [0, 0.05) is 26.7 Å². The van der Waals surface area contributed by atoms with Gasteiger partial charge in [-0.15, -0.1) is 0 Å². The van der Waals surface area contributed by atoms with Gasteiger partial charge >= 0.3 is 0 Å². The number of para-hydroxylation sites is 1. The lowest BCUT2D eigenvalue weighted by Gasteiger charge is -2.25. The van der Waals surface area contributed by atoms with Crippen LogP contribution in [0.25, 0.3) is 0 Å². The van der Waals surface area contributed by atoms with Gasteiger partial charge in [-0.1, -0.05) is 48.0 Å². The van der Waals surface area contributed by atoms with Crippen molar-refractivity contribution >= 4 is 0 Å². The fourth-order valence-corrected chi connectivity index (χ4v) is 2.58. The van der Waals surface area contributed by atoms with E-state index >= 15 is 0 Å². The lowest BCUT2D eigenvalue weighted by atomic mass is 10.1. The minimum atomic E-state index is -0.549. The highest BCUT2D eigenvalue weighted by atomic mass is 16.5. The van der Waals surface area contributed by atoms with Gasteiger partial charge < -0.3 is 14.6 Å². The van der Waals surface area contributed by atoms with Crippen LogP contribution in [0.1, 0.15) is 11.1 Å². The Morgan fingerprint density at radius 3 is 2.58 bits per heavy atom. The summed E-state index contributed by atoms with van der Waals surface area (Å²) in [4.78, 5) is 2.19. The Bertz CT molecular complexity index is 588. The van der Waals surface area contributed by atoms with E-state index in [4.69, 9.17) is 9.47 Å². The first-order chi connectivity index (χ1) is 11.7. The molecule has 0 aliphatic rings. The molecule has 0 saturated carbocycles. The first-order valence-electron chi connectivity index (χ1n) is 8.30. The molecule has 2 rings (SSSR count). The number of nitrogens with zero attached hydrogens (tertiary/aromatic N) is 1. The summed E-state index contributed by atoms with van der Waals surface area (Å²) in [5.41, 5.74) is 2.48. The number of ether oxygens (including phenoxy) is 2. The minimum Gasteiger partial charge on any atom is -0.491 e. The number of aliphatic hydroxyl groups is 1. The van der Waals surface area contributed by atoms with E-state index in [0.29, 0.717) is 13.2 Å². The number of aryl methyl sites for hydroxylation is 1. The second-order valence-electron chi connectivity index (χ2n) is 5.99. The molecule has 0 unspecified atom stereocenters. The van der Waals surface area contributed by atoms with Gasteiger partial charge in [0.2, 0.25) is 0 Å². The Morgan fingerprint density at radius 1 is 1.08 bits per heavy atom. The van der Waals surface area contributed by atoms with Crippen molar-refractivity contribution < 1.29 is 14.6 Å². The Hall–Kier alpha value is -1.88. The average Bonchev–Trinajstić information content (AvgIpc) is 2.59. The minimum absolute atomic E-state index is 0.279. The highest BCUT2D eigenvalue weighted by Crippen LogP contribution is 2.11. The van der Waals surface area contributed by atoms with E-state index in [9.17, 15) is 5.11 Å². The molecular formula is C20H27NO3. The van der Waals surface area contributed by atoms with Crippen LogP contribution in [0.3, 0.4) is 0 Å². The van der Waals surface area contributed by atoms with Crippen molar-refractivity contribution in [1.29, 1.82) is 0 Å². The standard InChI is InChI=1S/C20H27NO3/c1-17-7-6-8-18(13-17)14-21(11-12-23-2)15-19(22)16-24-20-9-4-3-5-10-20/h3-10,13,19,22H,11-12,14-16H2,1-2H3/t19-/m0/s1. The van der Waals surface area contributed by atoms with Gasteiger partial charge in [0.25, 0.3) is 0 Å². The second kappa shape index (κ2) is 10.1. The van der Waals surface area contributed by atoms with Gasteiger partial charge in [0.05, 0.1) is 6.61 Å². The maximum atomic E-state index is 10.3. The molecule has 1 atom stereocenters. The van der Waals surface area contributed by atoms with Gasteiger partial charge in [-0.05, 0) is 24.6 Å². The molecule has 0 bridgehead atoms.